The van der Waals surface area contributed by atoms with Crippen molar-refractivity contribution in [1.29, 1.82) is 0 Å². The summed E-state index contributed by atoms with van der Waals surface area (Å²) in [5.74, 6) is 2.48. The molecule has 1 saturated carbocycles. The molecule has 2 saturated heterocycles. The standard InChI is InChI=1S/C24H29N5O3/c30-22(20-18-4-1-2-5-19(18)26-27-20)29-11-3-10-24(15-29,14-16-6-7-16)23-25-21(32-28-23)17-8-12-31-13-9-17/h1-2,4-5,16-17H,3,6-15H2,(H,26,27). The van der Waals surface area contributed by atoms with Gasteiger partial charge in [0, 0.05) is 37.6 Å². The summed E-state index contributed by atoms with van der Waals surface area (Å²) in [6.07, 6.45) is 7.30. The van der Waals surface area contributed by atoms with Crippen LogP contribution in [0.5, 0.6) is 0 Å². The largest absolute Gasteiger partial charge is 0.381 e. The Morgan fingerprint density at radius 3 is 2.88 bits per heavy atom. The summed E-state index contributed by atoms with van der Waals surface area (Å²) in [5.41, 5.74) is 1.14. The fraction of sp³-hybridized carbons (Fsp3) is 0.583. The summed E-state index contributed by atoms with van der Waals surface area (Å²) in [6, 6.07) is 7.79. The van der Waals surface area contributed by atoms with E-state index in [1.165, 1.54) is 12.8 Å². The zero-order chi connectivity index (χ0) is 21.5. The summed E-state index contributed by atoms with van der Waals surface area (Å²) in [7, 11) is 0. The number of rotatable bonds is 5. The second-order valence-electron chi connectivity index (χ2n) is 9.72. The summed E-state index contributed by atoms with van der Waals surface area (Å²) >= 11 is 0. The molecule has 4 heterocycles. The molecular formula is C24H29N5O3. The number of H-pyrrole nitrogens is 1. The third-order valence-electron chi connectivity index (χ3n) is 7.40. The van der Waals surface area contributed by atoms with E-state index in [9.17, 15) is 4.79 Å². The number of aromatic amines is 1. The van der Waals surface area contributed by atoms with Crippen molar-refractivity contribution in [3.8, 4) is 0 Å². The Labute approximate surface area is 186 Å². The van der Waals surface area contributed by atoms with E-state index in [0.29, 0.717) is 18.2 Å². The Hall–Kier alpha value is -2.74. The zero-order valence-electron chi connectivity index (χ0n) is 18.3. The molecule has 1 N–H and O–H groups in total. The van der Waals surface area contributed by atoms with Crippen LogP contribution in [0.4, 0.5) is 0 Å². The lowest BCUT2D eigenvalue weighted by Crippen LogP contribution is -2.49. The predicted octanol–water partition coefficient (Wildman–Crippen LogP) is 3.81. The summed E-state index contributed by atoms with van der Waals surface area (Å²) < 4.78 is 11.3. The van der Waals surface area contributed by atoms with Gasteiger partial charge in [0.15, 0.2) is 11.5 Å². The van der Waals surface area contributed by atoms with Crippen LogP contribution in [0.2, 0.25) is 0 Å². The third-order valence-corrected chi connectivity index (χ3v) is 7.40. The van der Waals surface area contributed by atoms with E-state index in [0.717, 1.165) is 74.5 Å². The van der Waals surface area contributed by atoms with Gasteiger partial charge in [0.05, 0.1) is 10.9 Å². The second kappa shape index (κ2) is 7.99. The first-order valence-electron chi connectivity index (χ1n) is 11.9. The molecule has 3 aliphatic rings. The Kier molecular flexibility index (Phi) is 4.97. The average molecular weight is 436 g/mol. The minimum atomic E-state index is -0.242. The number of fused-ring (bicyclic) bond motifs is 1. The number of hydrogen-bond donors (Lipinski definition) is 1. The highest BCUT2D eigenvalue weighted by molar-refractivity contribution is 6.04. The van der Waals surface area contributed by atoms with Crippen LogP contribution >= 0.6 is 0 Å². The number of para-hydroxylation sites is 1. The first-order valence-corrected chi connectivity index (χ1v) is 11.9. The molecule has 1 amide bonds. The van der Waals surface area contributed by atoms with Gasteiger partial charge in [-0.05, 0) is 44.1 Å². The van der Waals surface area contributed by atoms with Crippen LogP contribution in [-0.4, -0.2) is 57.4 Å². The van der Waals surface area contributed by atoms with E-state index in [4.69, 9.17) is 14.2 Å². The smallest absolute Gasteiger partial charge is 0.275 e. The molecule has 0 radical (unpaired) electrons. The highest BCUT2D eigenvalue weighted by Gasteiger charge is 2.46. The van der Waals surface area contributed by atoms with Gasteiger partial charge in [-0.15, -0.1) is 0 Å². The fourth-order valence-corrected chi connectivity index (χ4v) is 5.46. The monoisotopic (exact) mass is 435 g/mol. The number of amides is 1. The quantitative estimate of drug-likeness (QED) is 0.654. The number of likely N-dealkylation sites (tertiary alicyclic amines) is 1. The Balaban J connectivity index is 1.29. The van der Waals surface area contributed by atoms with Gasteiger partial charge in [0.1, 0.15) is 0 Å². The minimum absolute atomic E-state index is 0.0181. The van der Waals surface area contributed by atoms with E-state index in [-0.39, 0.29) is 17.2 Å². The van der Waals surface area contributed by atoms with Crippen molar-refractivity contribution in [2.45, 2.75) is 56.3 Å². The first-order chi connectivity index (χ1) is 15.7. The molecule has 3 fully saturated rings. The van der Waals surface area contributed by atoms with Gasteiger partial charge in [-0.2, -0.15) is 10.1 Å². The zero-order valence-corrected chi connectivity index (χ0v) is 18.3. The van der Waals surface area contributed by atoms with E-state index in [1.807, 2.05) is 29.2 Å². The Morgan fingerprint density at radius 2 is 2.03 bits per heavy atom. The molecule has 1 atom stereocenters. The molecule has 8 heteroatoms. The highest BCUT2D eigenvalue weighted by atomic mass is 16.5. The maximum absolute atomic E-state index is 13.5. The van der Waals surface area contributed by atoms with Gasteiger partial charge in [0.2, 0.25) is 5.89 Å². The first kappa shape index (κ1) is 19.9. The molecule has 2 aromatic heterocycles. The Morgan fingerprint density at radius 1 is 1.19 bits per heavy atom. The average Bonchev–Trinajstić information content (AvgIpc) is 3.34. The maximum atomic E-state index is 13.5. The van der Waals surface area contributed by atoms with Gasteiger partial charge < -0.3 is 14.2 Å². The SMILES string of the molecule is O=C(c1n[nH]c2ccccc12)N1CCCC(CC2CC2)(c2noc(C3CCOCC3)n2)C1. The van der Waals surface area contributed by atoms with Gasteiger partial charge in [0.25, 0.3) is 5.91 Å². The molecule has 32 heavy (non-hydrogen) atoms. The molecule has 0 spiro atoms. The van der Waals surface area contributed by atoms with E-state index < -0.39 is 0 Å². The van der Waals surface area contributed by atoms with Gasteiger partial charge in [-0.25, -0.2) is 0 Å². The predicted molar refractivity (Wildman–Crippen MR) is 117 cm³/mol. The molecule has 168 valence electrons. The van der Waals surface area contributed by atoms with E-state index >= 15 is 0 Å². The van der Waals surface area contributed by atoms with Crippen molar-refractivity contribution < 1.29 is 14.1 Å². The van der Waals surface area contributed by atoms with Crippen molar-refractivity contribution in [2.75, 3.05) is 26.3 Å². The molecule has 1 aromatic carbocycles. The molecular weight excluding hydrogens is 406 g/mol. The molecule has 1 unspecified atom stereocenters. The van der Waals surface area contributed by atoms with Crippen LogP contribution in [0.3, 0.4) is 0 Å². The molecule has 2 aliphatic heterocycles. The number of aromatic nitrogens is 4. The van der Waals surface area contributed by atoms with Crippen molar-refractivity contribution in [1.82, 2.24) is 25.2 Å². The summed E-state index contributed by atoms with van der Waals surface area (Å²) in [6.45, 7) is 2.85. The number of piperidine rings is 1. The lowest BCUT2D eigenvalue weighted by atomic mass is 9.74. The fourth-order valence-electron chi connectivity index (χ4n) is 5.46. The number of nitrogens with one attached hydrogen (secondary N) is 1. The highest BCUT2D eigenvalue weighted by Crippen LogP contribution is 2.46. The maximum Gasteiger partial charge on any atom is 0.275 e. The molecule has 6 rings (SSSR count). The van der Waals surface area contributed by atoms with Crippen LogP contribution in [0.25, 0.3) is 10.9 Å². The van der Waals surface area contributed by atoms with Crippen molar-refractivity contribution in [2.24, 2.45) is 5.92 Å². The van der Waals surface area contributed by atoms with Gasteiger partial charge in [-0.1, -0.05) is 36.2 Å². The normalized spacial score (nSPS) is 24.8. The third kappa shape index (κ3) is 3.60. The second-order valence-corrected chi connectivity index (χ2v) is 9.72. The van der Waals surface area contributed by atoms with Crippen LogP contribution in [-0.2, 0) is 10.2 Å². The molecule has 0 bridgehead atoms. The topological polar surface area (TPSA) is 97.1 Å². The van der Waals surface area contributed by atoms with Crippen LogP contribution < -0.4 is 0 Å². The van der Waals surface area contributed by atoms with E-state index in [2.05, 4.69) is 15.4 Å². The van der Waals surface area contributed by atoms with Crippen LogP contribution in [0.15, 0.2) is 28.8 Å². The number of carbonyl (C=O) groups excluding carboxylic acids is 1. The lowest BCUT2D eigenvalue weighted by Gasteiger charge is -2.41. The summed E-state index contributed by atoms with van der Waals surface area (Å²) in [4.78, 5) is 20.4. The number of nitrogens with zero attached hydrogens (tertiary/aromatic N) is 4. The van der Waals surface area contributed by atoms with Crippen LogP contribution in [0.1, 0.15) is 73.1 Å². The van der Waals surface area contributed by atoms with E-state index in [1.54, 1.807) is 0 Å². The number of benzene rings is 1. The Bertz CT molecular complexity index is 1110. The molecule has 3 aromatic rings. The number of hydrogen-bond acceptors (Lipinski definition) is 6. The van der Waals surface area contributed by atoms with Gasteiger partial charge in [-0.3, -0.25) is 9.89 Å². The van der Waals surface area contributed by atoms with Gasteiger partial charge >= 0.3 is 0 Å². The lowest BCUT2D eigenvalue weighted by molar-refractivity contribution is 0.0603. The van der Waals surface area contributed by atoms with Crippen molar-refractivity contribution >= 4 is 16.8 Å². The minimum Gasteiger partial charge on any atom is -0.381 e. The molecule has 8 nitrogen and oxygen atoms in total. The van der Waals surface area contributed by atoms with Crippen molar-refractivity contribution in [3.05, 3.63) is 41.7 Å². The number of carbonyl (C=O) groups is 1. The number of ether oxygens (including phenoxy) is 1. The van der Waals surface area contributed by atoms with Crippen LogP contribution in [0, 0.1) is 5.92 Å². The molecule has 1 aliphatic carbocycles. The van der Waals surface area contributed by atoms with Crippen molar-refractivity contribution in [3.63, 3.8) is 0 Å². The summed E-state index contributed by atoms with van der Waals surface area (Å²) in [5, 5.41) is 12.7.